The highest BCUT2D eigenvalue weighted by Crippen LogP contribution is 2.28. The van der Waals surface area contributed by atoms with Gasteiger partial charge in [0.05, 0.1) is 5.69 Å². The molecule has 1 aromatic heterocycles. The Morgan fingerprint density at radius 2 is 1.90 bits per heavy atom. The molecule has 2 aromatic carbocycles. The van der Waals surface area contributed by atoms with Crippen molar-refractivity contribution in [3.8, 4) is 0 Å². The highest BCUT2D eigenvalue weighted by molar-refractivity contribution is 7.80. The summed E-state index contributed by atoms with van der Waals surface area (Å²) >= 11 is 6.30. The SMILES string of the molecule is NC(=S)c1ccc(Nc2ccc3sccc3c2)c(F)c1F. The number of thiophene rings is 1. The number of hydrogen-bond donors (Lipinski definition) is 2. The number of hydrogen-bond acceptors (Lipinski definition) is 3. The standard InChI is InChI=1S/C15H10F2N2S2/c16-13-10(15(18)20)2-3-11(14(13)17)19-9-1-4-12-8(7-9)5-6-21-12/h1-7,19H,(H2,18,20). The quantitative estimate of drug-likeness (QED) is 0.695. The maximum atomic E-state index is 14.0. The van der Waals surface area contributed by atoms with Gasteiger partial charge in [0.2, 0.25) is 0 Å². The average Bonchev–Trinajstić information content (AvgIpc) is 2.91. The van der Waals surface area contributed by atoms with Gasteiger partial charge in [-0.15, -0.1) is 11.3 Å². The van der Waals surface area contributed by atoms with Crippen molar-refractivity contribution >= 4 is 50.0 Å². The maximum absolute atomic E-state index is 14.0. The van der Waals surface area contributed by atoms with Crippen molar-refractivity contribution in [2.45, 2.75) is 0 Å². The van der Waals surface area contributed by atoms with Crippen LogP contribution in [0.15, 0.2) is 41.8 Å². The van der Waals surface area contributed by atoms with Crippen LogP contribution >= 0.6 is 23.6 Å². The molecule has 1 heterocycles. The average molecular weight is 320 g/mol. The highest BCUT2D eigenvalue weighted by Gasteiger charge is 2.15. The van der Waals surface area contributed by atoms with E-state index in [2.05, 4.69) is 17.5 Å². The van der Waals surface area contributed by atoms with Gasteiger partial charge in [-0.05, 0) is 47.2 Å². The molecule has 0 aliphatic heterocycles. The summed E-state index contributed by atoms with van der Waals surface area (Å²) in [7, 11) is 0. The zero-order chi connectivity index (χ0) is 15.0. The molecule has 3 aromatic rings. The first-order valence-electron chi connectivity index (χ1n) is 6.08. The molecule has 0 aliphatic carbocycles. The van der Waals surface area contributed by atoms with Gasteiger partial charge in [-0.1, -0.05) is 12.2 Å². The molecule has 0 unspecified atom stereocenters. The van der Waals surface area contributed by atoms with E-state index in [-0.39, 0.29) is 16.2 Å². The fraction of sp³-hybridized carbons (Fsp3) is 0. The molecule has 0 radical (unpaired) electrons. The fourth-order valence-corrected chi connectivity index (χ4v) is 2.96. The van der Waals surface area contributed by atoms with Crippen LogP contribution in [0.4, 0.5) is 20.2 Å². The third kappa shape index (κ3) is 2.59. The van der Waals surface area contributed by atoms with Crippen LogP contribution in [0.5, 0.6) is 0 Å². The first-order valence-corrected chi connectivity index (χ1v) is 7.37. The minimum Gasteiger partial charge on any atom is -0.389 e. The molecule has 0 amide bonds. The van der Waals surface area contributed by atoms with Crippen LogP contribution < -0.4 is 11.1 Å². The Bertz CT molecular complexity index is 843. The van der Waals surface area contributed by atoms with Crippen LogP contribution in [-0.2, 0) is 0 Å². The zero-order valence-corrected chi connectivity index (χ0v) is 12.3. The molecule has 0 saturated heterocycles. The lowest BCUT2D eigenvalue weighted by atomic mass is 10.1. The second-order valence-corrected chi connectivity index (χ2v) is 5.84. The molecule has 106 valence electrons. The van der Waals surface area contributed by atoms with Gasteiger partial charge in [0.25, 0.3) is 0 Å². The van der Waals surface area contributed by atoms with Crippen LogP contribution in [0.3, 0.4) is 0 Å². The van der Waals surface area contributed by atoms with Crippen molar-refractivity contribution in [2.75, 3.05) is 5.32 Å². The second kappa shape index (κ2) is 5.38. The number of nitrogens with one attached hydrogen (secondary N) is 1. The second-order valence-electron chi connectivity index (χ2n) is 4.45. The normalized spacial score (nSPS) is 10.8. The summed E-state index contributed by atoms with van der Waals surface area (Å²) in [6, 6.07) is 10.4. The molecule has 0 saturated carbocycles. The predicted molar refractivity (Wildman–Crippen MR) is 87.4 cm³/mol. The number of anilines is 2. The van der Waals surface area contributed by atoms with E-state index in [1.165, 1.54) is 12.1 Å². The lowest BCUT2D eigenvalue weighted by Gasteiger charge is -2.10. The van der Waals surface area contributed by atoms with Gasteiger partial charge in [-0.25, -0.2) is 8.78 Å². The molecule has 6 heteroatoms. The van der Waals surface area contributed by atoms with E-state index >= 15 is 0 Å². The predicted octanol–water partition coefficient (Wildman–Crippen LogP) is 4.56. The van der Waals surface area contributed by atoms with E-state index < -0.39 is 11.6 Å². The highest BCUT2D eigenvalue weighted by atomic mass is 32.1. The van der Waals surface area contributed by atoms with Gasteiger partial charge in [0, 0.05) is 16.0 Å². The molecule has 0 atom stereocenters. The van der Waals surface area contributed by atoms with Crippen molar-refractivity contribution in [3.05, 3.63) is 59.0 Å². The molecule has 0 fully saturated rings. The van der Waals surface area contributed by atoms with Gasteiger partial charge < -0.3 is 11.1 Å². The van der Waals surface area contributed by atoms with Crippen molar-refractivity contribution in [3.63, 3.8) is 0 Å². The Hall–Kier alpha value is -2.05. The summed E-state index contributed by atoms with van der Waals surface area (Å²) in [4.78, 5) is -0.169. The zero-order valence-electron chi connectivity index (χ0n) is 10.7. The molecule has 0 spiro atoms. The smallest absolute Gasteiger partial charge is 0.182 e. The fourth-order valence-electron chi connectivity index (χ4n) is 2.04. The van der Waals surface area contributed by atoms with Crippen molar-refractivity contribution in [2.24, 2.45) is 5.73 Å². The Kier molecular flexibility index (Phi) is 3.57. The van der Waals surface area contributed by atoms with Crippen LogP contribution in [0, 0.1) is 11.6 Å². The minimum atomic E-state index is -1.04. The first-order chi connectivity index (χ1) is 10.1. The molecule has 21 heavy (non-hydrogen) atoms. The van der Waals surface area contributed by atoms with Gasteiger partial charge >= 0.3 is 0 Å². The molecule has 3 N–H and O–H groups in total. The molecule has 2 nitrogen and oxygen atoms in total. The number of benzene rings is 2. The Morgan fingerprint density at radius 3 is 2.67 bits per heavy atom. The van der Waals surface area contributed by atoms with E-state index in [1.807, 2.05) is 29.6 Å². The number of rotatable bonds is 3. The van der Waals surface area contributed by atoms with Crippen LogP contribution in [0.1, 0.15) is 5.56 Å². The largest absolute Gasteiger partial charge is 0.389 e. The first kappa shape index (κ1) is 13.9. The Labute approximate surface area is 129 Å². The van der Waals surface area contributed by atoms with E-state index in [1.54, 1.807) is 11.3 Å². The van der Waals surface area contributed by atoms with Crippen LogP contribution in [0.2, 0.25) is 0 Å². The lowest BCUT2D eigenvalue weighted by molar-refractivity contribution is 0.510. The molecule has 0 bridgehead atoms. The van der Waals surface area contributed by atoms with Crippen molar-refractivity contribution < 1.29 is 8.78 Å². The number of nitrogens with two attached hydrogens (primary N) is 1. The molecule has 3 rings (SSSR count). The van der Waals surface area contributed by atoms with Gasteiger partial charge in [-0.2, -0.15) is 0 Å². The summed E-state index contributed by atoms with van der Waals surface area (Å²) in [5.74, 6) is -2.03. The van der Waals surface area contributed by atoms with Gasteiger partial charge in [0.15, 0.2) is 11.6 Å². The number of thiocarbonyl (C=S) groups is 1. The number of halogens is 2. The Morgan fingerprint density at radius 1 is 1.10 bits per heavy atom. The van der Waals surface area contributed by atoms with Crippen molar-refractivity contribution in [1.29, 1.82) is 0 Å². The van der Waals surface area contributed by atoms with E-state index in [0.717, 1.165) is 10.1 Å². The van der Waals surface area contributed by atoms with E-state index in [4.69, 9.17) is 5.73 Å². The minimum absolute atomic E-state index is 0.0436. The van der Waals surface area contributed by atoms with Gasteiger partial charge in [0.1, 0.15) is 4.99 Å². The number of fused-ring (bicyclic) bond motifs is 1. The molecular formula is C15H10F2N2S2. The molecular weight excluding hydrogens is 310 g/mol. The lowest BCUT2D eigenvalue weighted by Crippen LogP contribution is -2.13. The summed E-state index contributed by atoms with van der Waals surface area (Å²) < 4.78 is 29.0. The van der Waals surface area contributed by atoms with E-state index in [0.29, 0.717) is 5.69 Å². The topological polar surface area (TPSA) is 38.0 Å². The van der Waals surface area contributed by atoms with Gasteiger partial charge in [-0.3, -0.25) is 0 Å². The third-order valence-electron chi connectivity index (χ3n) is 3.08. The summed E-state index contributed by atoms with van der Waals surface area (Å²) in [6.07, 6.45) is 0. The maximum Gasteiger partial charge on any atom is 0.182 e. The van der Waals surface area contributed by atoms with E-state index in [9.17, 15) is 8.78 Å². The van der Waals surface area contributed by atoms with Crippen LogP contribution in [-0.4, -0.2) is 4.99 Å². The summed E-state index contributed by atoms with van der Waals surface area (Å²) in [6.45, 7) is 0. The molecule has 0 aliphatic rings. The third-order valence-corrected chi connectivity index (χ3v) is 4.20. The Balaban J connectivity index is 1.97. The van der Waals surface area contributed by atoms with Crippen LogP contribution in [0.25, 0.3) is 10.1 Å². The summed E-state index contributed by atoms with van der Waals surface area (Å²) in [5.41, 5.74) is 5.97. The monoisotopic (exact) mass is 320 g/mol. The summed E-state index contributed by atoms with van der Waals surface area (Å²) in [5, 5.41) is 5.89. The van der Waals surface area contributed by atoms with Crippen molar-refractivity contribution in [1.82, 2.24) is 0 Å².